The summed E-state index contributed by atoms with van der Waals surface area (Å²) in [6, 6.07) is 0. The van der Waals surface area contributed by atoms with E-state index in [-0.39, 0.29) is 5.76 Å². The number of aliphatic hydroxyl groups is 1. The lowest BCUT2D eigenvalue weighted by Crippen LogP contribution is -2.07. The third-order valence-corrected chi connectivity index (χ3v) is 1.62. The fourth-order valence-corrected chi connectivity index (χ4v) is 0.921. The number of allylic oxidation sites excluding steroid dienone is 1. The zero-order valence-corrected chi connectivity index (χ0v) is 7.96. The molecule has 0 bridgehead atoms. The first-order valence-corrected chi connectivity index (χ1v) is 4.04. The maximum absolute atomic E-state index is 11.1. The Kier molecular flexibility index (Phi) is 5.45. The minimum absolute atomic E-state index is 0.00358. The molecular weight excluding hydrogens is 168 g/mol. The predicted molar refractivity (Wildman–Crippen MR) is 50.0 cm³/mol. The summed E-state index contributed by atoms with van der Waals surface area (Å²) >= 11 is 0. The second-order valence-corrected chi connectivity index (χ2v) is 2.61. The van der Waals surface area contributed by atoms with Crippen LogP contribution in [0.2, 0.25) is 0 Å². The van der Waals surface area contributed by atoms with Crippen molar-refractivity contribution in [2.75, 3.05) is 7.11 Å². The molecule has 0 aliphatic rings. The highest BCUT2D eigenvalue weighted by Crippen LogP contribution is 2.12. The maximum atomic E-state index is 11.1. The minimum Gasteiger partial charge on any atom is -0.512 e. The van der Waals surface area contributed by atoms with E-state index in [4.69, 9.17) is 11.5 Å². The summed E-state index contributed by atoms with van der Waals surface area (Å²) in [6.07, 6.45) is 6.78. The van der Waals surface area contributed by atoms with E-state index in [2.05, 4.69) is 10.7 Å². The Bertz CT molecular complexity index is 241. The summed E-state index contributed by atoms with van der Waals surface area (Å²) < 4.78 is 4.50. The predicted octanol–water partition coefficient (Wildman–Crippen LogP) is 1.79. The number of terminal acetylenes is 1. The van der Waals surface area contributed by atoms with E-state index in [1.807, 2.05) is 0 Å². The molecule has 0 amide bonds. The fraction of sp³-hybridized carbons (Fsp3) is 0.500. The van der Waals surface area contributed by atoms with Gasteiger partial charge in [-0.2, -0.15) is 0 Å². The van der Waals surface area contributed by atoms with Gasteiger partial charge in [0.15, 0.2) is 0 Å². The van der Waals surface area contributed by atoms with Crippen molar-refractivity contribution in [3.05, 3.63) is 11.3 Å². The molecule has 0 fully saturated rings. The van der Waals surface area contributed by atoms with E-state index in [1.165, 1.54) is 14.0 Å². The van der Waals surface area contributed by atoms with E-state index in [0.717, 1.165) is 0 Å². The van der Waals surface area contributed by atoms with Crippen LogP contribution in [0.1, 0.15) is 26.2 Å². The van der Waals surface area contributed by atoms with E-state index in [9.17, 15) is 4.79 Å². The van der Waals surface area contributed by atoms with Gasteiger partial charge >= 0.3 is 5.97 Å². The summed E-state index contributed by atoms with van der Waals surface area (Å²) in [6.45, 7) is 1.46. The largest absolute Gasteiger partial charge is 0.512 e. The number of rotatable bonds is 4. The number of aliphatic hydroxyl groups excluding tert-OH is 1. The number of carbonyl (C=O) groups excluding carboxylic acids is 1. The van der Waals surface area contributed by atoms with Crippen LogP contribution >= 0.6 is 0 Å². The van der Waals surface area contributed by atoms with Crippen molar-refractivity contribution in [1.29, 1.82) is 0 Å². The molecule has 0 rings (SSSR count). The molecule has 0 unspecified atom stereocenters. The van der Waals surface area contributed by atoms with Crippen LogP contribution in [0.4, 0.5) is 0 Å². The molecule has 3 heteroatoms. The second-order valence-electron chi connectivity index (χ2n) is 2.61. The van der Waals surface area contributed by atoms with E-state index >= 15 is 0 Å². The number of methoxy groups -OCH3 is 1. The van der Waals surface area contributed by atoms with Gasteiger partial charge in [-0.05, 0) is 19.8 Å². The zero-order chi connectivity index (χ0) is 10.3. The molecule has 0 aliphatic carbocycles. The highest BCUT2D eigenvalue weighted by molar-refractivity contribution is 5.88. The average Bonchev–Trinajstić information content (AvgIpc) is 2.11. The third-order valence-electron chi connectivity index (χ3n) is 1.62. The first kappa shape index (κ1) is 11.6. The lowest BCUT2D eigenvalue weighted by molar-refractivity contribution is -0.136. The van der Waals surface area contributed by atoms with Crippen LogP contribution in [0.5, 0.6) is 0 Å². The summed E-state index contributed by atoms with van der Waals surface area (Å²) in [7, 11) is 1.28. The van der Waals surface area contributed by atoms with Gasteiger partial charge in [-0.15, -0.1) is 12.3 Å². The highest BCUT2D eigenvalue weighted by atomic mass is 16.5. The fourth-order valence-electron chi connectivity index (χ4n) is 0.921. The van der Waals surface area contributed by atoms with Gasteiger partial charge in [-0.1, -0.05) is 0 Å². The van der Waals surface area contributed by atoms with Crippen molar-refractivity contribution >= 4 is 5.97 Å². The molecule has 0 aromatic carbocycles. The Morgan fingerprint density at radius 3 is 2.62 bits per heavy atom. The Morgan fingerprint density at radius 1 is 1.62 bits per heavy atom. The third kappa shape index (κ3) is 4.22. The smallest absolute Gasteiger partial charge is 0.337 e. The van der Waals surface area contributed by atoms with Crippen LogP contribution in [0, 0.1) is 12.3 Å². The van der Waals surface area contributed by atoms with Gasteiger partial charge in [0.05, 0.1) is 18.4 Å². The Labute approximate surface area is 78.4 Å². The Morgan fingerprint density at radius 2 is 2.23 bits per heavy atom. The van der Waals surface area contributed by atoms with Gasteiger partial charge in [0.25, 0.3) is 0 Å². The van der Waals surface area contributed by atoms with Crippen molar-refractivity contribution in [1.82, 2.24) is 0 Å². The van der Waals surface area contributed by atoms with Gasteiger partial charge in [0.1, 0.15) is 0 Å². The molecule has 0 atom stereocenters. The summed E-state index contributed by atoms with van der Waals surface area (Å²) in [4.78, 5) is 11.1. The molecule has 3 nitrogen and oxygen atoms in total. The van der Waals surface area contributed by atoms with Crippen molar-refractivity contribution in [3.8, 4) is 12.3 Å². The zero-order valence-electron chi connectivity index (χ0n) is 7.96. The molecule has 0 aromatic rings. The summed E-state index contributed by atoms with van der Waals surface area (Å²) in [5, 5.41) is 9.14. The molecule has 0 aliphatic heterocycles. The Hall–Kier alpha value is -1.43. The van der Waals surface area contributed by atoms with Crippen LogP contribution in [-0.2, 0) is 9.53 Å². The molecule has 0 aromatic heterocycles. The van der Waals surface area contributed by atoms with Crippen LogP contribution < -0.4 is 0 Å². The molecule has 0 heterocycles. The van der Waals surface area contributed by atoms with Crippen molar-refractivity contribution < 1.29 is 14.6 Å². The Balaban J connectivity index is 4.24. The second kappa shape index (κ2) is 6.13. The number of ether oxygens (including phenoxy) is 1. The van der Waals surface area contributed by atoms with Crippen LogP contribution in [0.15, 0.2) is 11.3 Å². The number of hydrogen-bond acceptors (Lipinski definition) is 3. The van der Waals surface area contributed by atoms with Crippen LogP contribution in [-0.4, -0.2) is 18.2 Å². The van der Waals surface area contributed by atoms with Crippen molar-refractivity contribution in [2.24, 2.45) is 0 Å². The number of unbranched alkanes of at least 4 members (excludes halogenated alkanes) is 1. The lowest BCUT2D eigenvalue weighted by atomic mass is 10.1. The van der Waals surface area contributed by atoms with Crippen LogP contribution in [0.3, 0.4) is 0 Å². The van der Waals surface area contributed by atoms with E-state index in [0.29, 0.717) is 24.8 Å². The summed E-state index contributed by atoms with van der Waals surface area (Å²) in [5.74, 6) is 1.98. The van der Waals surface area contributed by atoms with Gasteiger partial charge < -0.3 is 9.84 Å². The first-order valence-electron chi connectivity index (χ1n) is 4.04. The molecule has 0 radical (unpaired) electrons. The standard InChI is InChI=1S/C10H14O3/c1-4-5-6-7-9(8(2)11)10(12)13-3/h1,11H,5-7H2,2-3H3/b9-8-. The SMILES string of the molecule is C#CCCC/C(C(=O)OC)=C(\C)O. The highest BCUT2D eigenvalue weighted by Gasteiger charge is 2.12. The molecular formula is C10H14O3. The normalized spacial score (nSPS) is 11.5. The lowest BCUT2D eigenvalue weighted by Gasteiger charge is -2.04. The van der Waals surface area contributed by atoms with Gasteiger partial charge in [0.2, 0.25) is 0 Å². The average molecular weight is 182 g/mol. The minimum atomic E-state index is -0.489. The van der Waals surface area contributed by atoms with Gasteiger partial charge in [-0.25, -0.2) is 4.79 Å². The number of esters is 1. The van der Waals surface area contributed by atoms with Crippen molar-refractivity contribution in [3.63, 3.8) is 0 Å². The van der Waals surface area contributed by atoms with E-state index in [1.54, 1.807) is 0 Å². The molecule has 0 saturated carbocycles. The van der Waals surface area contributed by atoms with Gasteiger partial charge in [-0.3, -0.25) is 0 Å². The number of hydrogen-bond donors (Lipinski definition) is 1. The van der Waals surface area contributed by atoms with E-state index < -0.39 is 5.97 Å². The number of carbonyl (C=O) groups is 1. The molecule has 0 saturated heterocycles. The quantitative estimate of drug-likeness (QED) is 0.237. The maximum Gasteiger partial charge on any atom is 0.337 e. The van der Waals surface area contributed by atoms with Crippen molar-refractivity contribution in [2.45, 2.75) is 26.2 Å². The molecule has 1 N–H and O–H groups in total. The first-order chi connectivity index (χ1) is 6.13. The molecule has 13 heavy (non-hydrogen) atoms. The molecule has 0 spiro atoms. The monoisotopic (exact) mass is 182 g/mol. The van der Waals surface area contributed by atoms with Crippen LogP contribution in [0.25, 0.3) is 0 Å². The molecule has 72 valence electrons. The summed E-state index contributed by atoms with van der Waals surface area (Å²) in [5.41, 5.74) is 0.303. The van der Waals surface area contributed by atoms with Gasteiger partial charge in [0, 0.05) is 6.42 Å². The topological polar surface area (TPSA) is 46.5 Å².